The van der Waals surface area contributed by atoms with Crippen LogP contribution >= 0.6 is 0 Å². The molecule has 0 fully saturated rings. The zero-order valence-corrected chi connectivity index (χ0v) is 14.6. The number of aryl methyl sites for hydroxylation is 1. The van der Waals surface area contributed by atoms with Gasteiger partial charge in [0.05, 0.1) is 0 Å². The van der Waals surface area contributed by atoms with Gasteiger partial charge in [0.25, 0.3) is 0 Å². The number of ketones is 1. The smallest absolute Gasteiger partial charge is 0.159 e. The molecule has 2 heteroatoms. The Morgan fingerprint density at radius 1 is 1.12 bits per heavy atom. The van der Waals surface area contributed by atoms with Crippen molar-refractivity contribution in [3.05, 3.63) is 76.5 Å². The van der Waals surface area contributed by atoms with Crippen LogP contribution in [0.25, 0.3) is 16.5 Å². The standard InChI is InChI=1S/C22H21NO/c1-12-6-8-16-13(2)20-17-9-7-15(14(3)24)11-19(17)23-21(20)22(4,5)18(16)10-12/h6-11,23H,2H2,1,3-5H3. The van der Waals surface area contributed by atoms with Crippen molar-refractivity contribution in [2.45, 2.75) is 33.1 Å². The highest BCUT2D eigenvalue weighted by Crippen LogP contribution is 2.48. The van der Waals surface area contributed by atoms with Crippen molar-refractivity contribution in [3.63, 3.8) is 0 Å². The highest BCUT2D eigenvalue weighted by molar-refractivity contribution is 6.04. The van der Waals surface area contributed by atoms with Crippen molar-refractivity contribution in [1.29, 1.82) is 0 Å². The van der Waals surface area contributed by atoms with Crippen LogP contribution in [-0.4, -0.2) is 10.8 Å². The second kappa shape index (κ2) is 4.70. The summed E-state index contributed by atoms with van der Waals surface area (Å²) in [5.41, 5.74) is 8.81. The number of rotatable bonds is 1. The summed E-state index contributed by atoms with van der Waals surface area (Å²) in [6.45, 7) is 12.6. The van der Waals surface area contributed by atoms with E-state index in [2.05, 4.69) is 50.5 Å². The maximum atomic E-state index is 11.7. The molecule has 2 nitrogen and oxygen atoms in total. The minimum Gasteiger partial charge on any atom is -0.357 e. The average Bonchev–Trinajstić information content (AvgIpc) is 2.92. The summed E-state index contributed by atoms with van der Waals surface area (Å²) in [7, 11) is 0. The first-order chi connectivity index (χ1) is 11.3. The molecule has 1 heterocycles. The maximum absolute atomic E-state index is 11.7. The predicted molar refractivity (Wildman–Crippen MR) is 99.7 cm³/mol. The molecule has 24 heavy (non-hydrogen) atoms. The SMILES string of the molecule is C=C1c2ccc(C)cc2C(C)(C)c2[nH]c3cc(C(C)=O)ccc3c21. The number of benzene rings is 2. The summed E-state index contributed by atoms with van der Waals surface area (Å²) in [6.07, 6.45) is 0. The van der Waals surface area contributed by atoms with E-state index in [4.69, 9.17) is 0 Å². The molecule has 0 bridgehead atoms. The van der Waals surface area contributed by atoms with Crippen LogP contribution in [0.4, 0.5) is 0 Å². The van der Waals surface area contributed by atoms with E-state index < -0.39 is 0 Å². The summed E-state index contributed by atoms with van der Waals surface area (Å²) < 4.78 is 0. The Morgan fingerprint density at radius 2 is 1.88 bits per heavy atom. The Morgan fingerprint density at radius 3 is 2.58 bits per heavy atom. The number of aromatic nitrogens is 1. The Balaban J connectivity index is 2.06. The van der Waals surface area contributed by atoms with Crippen LogP contribution in [-0.2, 0) is 5.41 Å². The van der Waals surface area contributed by atoms with Crippen LogP contribution in [0.2, 0.25) is 0 Å². The number of nitrogens with one attached hydrogen (secondary N) is 1. The van der Waals surface area contributed by atoms with E-state index in [1.807, 2.05) is 18.2 Å². The van der Waals surface area contributed by atoms with E-state index in [1.165, 1.54) is 27.9 Å². The van der Waals surface area contributed by atoms with Crippen LogP contribution in [0.15, 0.2) is 43.0 Å². The lowest BCUT2D eigenvalue weighted by molar-refractivity contribution is 0.101. The number of fused-ring (bicyclic) bond motifs is 4. The van der Waals surface area contributed by atoms with Gasteiger partial charge < -0.3 is 4.98 Å². The van der Waals surface area contributed by atoms with Gasteiger partial charge in [-0.3, -0.25) is 4.79 Å². The van der Waals surface area contributed by atoms with Gasteiger partial charge in [0.15, 0.2) is 5.78 Å². The third-order valence-electron chi connectivity index (χ3n) is 5.31. The van der Waals surface area contributed by atoms with Crippen molar-refractivity contribution in [3.8, 4) is 0 Å². The second-order valence-electron chi connectivity index (χ2n) is 7.34. The largest absolute Gasteiger partial charge is 0.357 e. The van der Waals surface area contributed by atoms with Gasteiger partial charge in [-0.05, 0) is 36.6 Å². The van der Waals surface area contributed by atoms with Gasteiger partial charge in [-0.2, -0.15) is 0 Å². The monoisotopic (exact) mass is 315 g/mol. The molecule has 0 unspecified atom stereocenters. The van der Waals surface area contributed by atoms with Crippen molar-refractivity contribution >= 4 is 22.3 Å². The summed E-state index contributed by atoms with van der Waals surface area (Å²) in [4.78, 5) is 15.3. The molecule has 120 valence electrons. The molecule has 0 radical (unpaired) electrons. The van der Waals surface area contributed by atoms with Gasteiger partial charge in [-0.25, -0.2) is 0 Å². The second-order valence-corrected chi connectivity index (χ2v) is 7.34. The number of carbonyl (C=O) groups is 1. The zero-order chi connectivity index (χ0) is 17.2. The number of Topliss-reactive ketones (excluding diaryl/α,β-unsaturated/α-hetero) is 1. The summed E-state index contributed by atoms with van der Waals surface area (Å²) in [6, 6.07) is 12.5. The Hall–Kier alpha value is -2.61. The molecular weight excluding hydrogens is 294 g/mol. The fourth-order valence-corrected chi connectivity index (χ4v) is 3.91. The fourth-order valence-electron chi connectivity index (χ4n) is 3.91. The average molecular weight is 315 g/mol. The first kappa shape index (κ1) is 14.9. The van der Waals surface area contributed by atoms with Crippen LogP contribution in [0.3, 0.4) is 0 Å². The van der Waals surface area contributed by atoms with Gasteiger partial charge in [-0.1, -0.05) is 56.3 Å². The molecular formula is C22H21NO. The molecule has 0 aliphatic heterocycles. The van der Waals surface area contributed by atoms with Crippen molar-refractivity contribution in [1.82, 2.24) is 4.98 Å². The highest BCUT2D eigenvalue weighted by atomic mass is 16.1. The molecule has 0 atom stereocenters. The van der Waals surface area contributed by atoms with Gasteiger partial charge in [0, 0.05) is 33.1 Å². The molecule has 1 aliphatic carbocycles. The van der Waals surface area contributed by atoms with Gasteiger partial charge in [-0.15, -0.1) is 0 Å². The van der Waals surface area contributed by atoms with Crippen LogP contribution < -0.4 is 0 Å². The lowest BCUT2D eigenvalue weighted by atomic mass is 9.70. The molecule has 0 saturated heterocycles. The molecule has 3 aromatic rings. The minimum absolute atomic E-state index is 0.0847. The van der Waals surface area contributed by atoms with Gasteiger partial charge in [0.1, 0.15) is 0 Å². The third-order valence-corrected chi connectivity index (χ3v) is 5.31. The van der Waals surface area contributed by atoms with Crippen LogP contribution in [0, 0.1) is 6.92 Å². The quantitative estimate of drug-likeness (QED) is 0.601. The molecule has 0 spiro atoms. The normalized spacial score (nSPS) is 15.2. The van der Waals surface area contributed by atoms with E-state index in [9.17, 15) is 4.79 Å². The first-order valence-electron chi connectivity index (χ1n) is 8.28. The third kappa shape index (κ3) is 1.86. The fraction of sp³-hybridized carbons (Fsp3) is 0.227. The Kier molecular flexibility index (Phi) is 2.93. The lowest BCUT2D eigenvalue weighted by Crippen LogP contribution is -2.26. The van der Waals surface area contributed by atoms with E-state index in [0.717, 1.165) is 22.0 Å². The molecule has 4 rings (SSSR count). The molecule has 2 aromatic carbocycles. The summed E-state index contributed by atoms with van der Waals surface area (Å²) in [5.74, 6) is 0.0847. The van der Waals surface area contributed by atoms with Crippen molar-refractivity contribution in [2.24, 2.45) is 0 Å². The maximum Gasteiger partial charge on any atom is 0.159 e. The Bertz CT molecular complexity index is 1030. The van der Waals surface area contributed by atoms with E-state index >= 15 is 0 Å². The number of aromatic amines is 1. The topological polar surface area (TPSA) is 32.9 Å². The number of hydrogen-bond donors (Lipinski definition) is 1. The van der Waals surface area contributed by atoms with Crippen molar-refractivity contribution in [2.75, 3.05) is 0 Å². The zero-order valence-electron chi connectivity index (χ0n) is 14.6. The van der Waals surface area contributed by atoms with Crippen LogP contribution in [0.5, 0.6) is 0 Å². The molecule has 0 amide bonds. The van der Waals surface area contributed by atoms with Crippen molar-refractivity contribution < 1.29 is 4.79 Å². The van der Waals surface area contributed by atoms with E-state index in [1.54, 1.807) is 6.92 Å². The molecule has 1 N–H and O–H groups in total. The lowest BCUT2D eigenvalue weighted by Gasteiger charge is -2.34. The predicted octanol–water partition coefficient (Wildman–Crippen LogP) is 5.38. The highest BCUT2D eigenvalue weighted by Gasteiger charge is 2.36. The number of H-pyrrole nitrogens is 1. The van der Waals surface area contributed by atoms with Gasteiger partial charge in [0.2, 0.25) is 0 Å². The van der Waals surface area contributed by atoms with Gasteiger partial charge >= 0.3 is 0 Å². The summed E-state index contributed by atoms with van der Waals surface area (Å²) >= 11 is 0. The first-order valence-corrected chi connectivity index (χ1v) is 8.28. The van der Waals surface area contributed by atoms with E-state index in [-0.39, 0.29) is 11.2 Å². The van der Waals surface area contributed by atoms with Crippen LogP contribution in [0.1, 0.15) is 59.1 Å². The number of carbonyl (C=O) groups excluding carboxylic acids is 1. The molecule has 1 aromatic heterocycles. The number of hydrogen-bond acceptors (Lipinski definition) is 1. The Labute approximate surface area is 142 Å². The minimum atomic E-state index is -0.132. The summed E-state index contributed by atoms with van der Waals surface area (Å²) in [5, 5.41) is 1.14. The molecule has 0 saturated carbocycles. The molecule has 1 aliphatic rings. The van der Waals surface area contributed by atoms with E-state index in [0.29, 0.717) is 0 Å².